The van der Waals surface area contributed by atoms with E-state index in [1.165, 1.54) is 19.3 Å². The molecule has 1 aliphatic carbocycles. The van der Waals surface area contributed by atoms with Crippen molar-refractivity contribution in [1.82, 2.24) is 4.90 Å². The van der Waals surface area contributed by atoms with E-state index in [4.69, 9.17) is 5.73 Å². The van der Waals surface area contributed by atoms with Crippen molar-refractivity contribution in [3.8, 4) is 0 Å². The molecule has 0 aromatic heterocycles. The fourth-order valence-corrected chi connectivity index (χ4v) is 1.91. The lowest BCUT2D eigenvalue weighted by Crippen LogP contribution is -2.35. The second-order valence-electron chi connectivity index (χ2n) is 4.91. The molecule has 1 fully saturated rings. The average molecular weight is 212 g/mol. The summed E-state index contributed by atoms with van der Waals surface area (Å²) in [6, 6.07) is 0. The molecule has 0 aliphatic heterocycles. The van der Waals surface area contributed by atoms with Crippen LogP contribution in [0.25, 0.3) is 0 Å². The molecule has 1 aliphatic rings. The maximum atomic E-state index is 11.7. The molecule has 0 bridgehead atoms. The number of rotatable bonds is 7. The van der Waals surface area contributed by atoms with Crippen LogP contribution in [0.1, 0.15) is 45.4 Å². The number of hydrogen-bond donors (Lipinski definition) is 1. The van der Waals surface area contributed by atoms with Gasteiger partial charge in [-0.3, -0.25) is 4.79 Å². The lowest BCUT2D eigenvalue weighted by molar-refractivity contribution is -0.130. The molecule has 0 radical (unpaired) electrons. The van der Waals surface area contributed by atoms with E-state index in [9.17, 15) is 4.79 Å². The quantitative estimate of drug-likeness (QED) is 0.654. The third kappa shape index (κ3) is 3.82. The zero-order chi connectivity index (χ0) is 11.3. The normalized spacial score (nSPS) is 17.5. The van der Waals surface area contributed by atoms with Gasteiger partial charge < -0.3 is 10.6 Å². The number of hydrogen-bond acceptors (Lipinski definition) is 2. The molecule has 0 spiro atoms. The van der Waals surface area contributed by atoms with Crippen molar-refractivity contribution in [2.24, 2.45) is 11.1 Å². The van der Waals surface area contributed by atoms with Gasteiger partial charge in [-0.1, -0.05) is 19.8 Å². The summed E-state index contributed by atoms with van der Waals surface area (Å²) in [5.41, 5.74) is 5.97. The van der Waals surface area contributed by atoms with Crippen molar-refractivity contribution >= 4 is 5.91 Å². The molecule has 1 amide bonds. The van der Waals surface area contributed by atoms with Gasteiger partial charge in [0.1, 0.15) is 0 Å². The van der Waals surface area contributed by atoms with Crippen LogP contribution in [0.5, 0.6) is 0 Å². The van der Waals surface area contributed by atoms with E-state index in [1.807, 2.05) is 11.9 Å². The summed E-state index contributed by atoms with van der Waals surface area (Å²) >= 11 is 0. The number of nitrogens with two attached hydrogens (primary N) is 1. The lowest BCUT2D eigenvalue weighted by Gasteiger charge is -2.22. The average Bonchev–Trinajstić information content (AvgIpc) is 2.98. The van der Waals surface area contributed by atoms with E-state index in [2.05, 4.69) is 6.92 Å². The summed E-state index contributed by atoms with van der Waals surface area (Å²) in [6.07, 6.45) is 6.43. The second-order valence-corrected chi connectivity index (χ2v) is 4.91. The molecule has 2 N–H and O–H groups in total. The smallest absolute Gasteiger partial charge is 0.222 e. The van der Waals surface area contributed by atoms with E-state index >= 15 is 0 Å². The van der Waals surface area contributed by atoms with E-state index in [-0.39, 0.29) is 11.3 Å². The first-order chi connectivity index (χ1) is 7.13. The maximum Gasteiger partial charge on any atom is 0.222 e. The van der Waals surface area contributed by atoms with Gasteiger partial charge in [-0.25, -0.2) is 0 Å². The van der Waals surface area contributed by atoms with Crippen molar-refractivity contribution in [1.29, 1.82) is 0 Å². The lowest BCUT2D eigenvalue weighted by atomic mass is 10.1. The highest BCUT2D eigenvalue weighted by Gasteiger charge is 2.42. The summed E-state index contributed by atoms with van der Waals surface area (Å²) in [4.78, 5) is 13.6. The van der Waals surface area contributed by atoms with Gasteiger partial charge in [0.25, 0.3) is 0 Å². The molecule has 0 heterocycles. The number of amides is 1. The van der Waals surface area contributed by atoms with Gasteiger partial charge in [0.2, 0.25) is 5.91 Å². The minimum Gasteiger partial charge on any atom is -0.345 e. The van der Waals surface area contributed by atoms with E-state index < -0.39 is 0 Å². The molecule has 0 atom stereocenters. The fourth-order valence-electron chi connectivity index (χ4n) is 1.91. The summed E-state index contributed by atoms with van der Waals surface area (Å²) in [7, 11) is 1.91. The highest BCUT2D eigenvalue weighted by molar-refractivity contribution is 5.75. The Balaban J connectivity index is 2.21. The molecule has 88 valence electrons. The van der Waals surface area contributed by atoms with Crippen LogP contribution in [0.4, 0.5) is 0 Å². The van der Waals surface area contributed by atoms with Gasteiger partial charge in [0.15, 0.2) is 0 Å². The van der Waals surface area contributed by atoms with Crippen molar-refractivity contribution in [2.75, 3.05) is 20.1 Å². The SMILES string of the molecule is CCCCCC(=O)N(C)CC1(CN)CC1. The Labute approximate surface area is 93.0 Å². The van der Waals surface area contributed by atoms with E-state index in [0.717, 1.165) is 25.9 Å². The van der Waals surface area contributed by atoms with Gasteiger partial charge in [0.05, 0.1) is 0 Å². The van der Waals surface area contributed by atoms with Crippen molar-refractivity contribution < 1.29 is 4.79 Å². The zero-order valence-electron chi connectivity index (χ0n) is 10.1. The van der Waals surface area contributed by atoms with E-state index in [1.54, 1.807) is 0 Å². The molecule has 3 heteroatoms. The Morgan fingerprint density at radius 2 is 2.07 bits per heavy atom. The van der Waals surface area contributed by atoms with Gasteiger partial charge in [-0.2, -0.15) is 0 Å². The van der Waals surface area contributed by atoms with Crippen LogP contribution < -0.4 is 5.73 Å². The van der Waals surface area contributed by atoms with E-state index in [0.29, 0.717) is 6.42 Å². The number of carbonyl (C=O) groups excluding carboxylic acids is 1. The molecular formula is C12H24N2O. The van der Waals surface area contributed by atoms with Gasteiger partial charge in [-0.05, 0) is 25.8 Å². The predicted octanol–water partition coefficient (Wildman–Crippen LogP) is 1.76. The largest absolute Gasteiger partial charge is 0.345 e. The minimum atomic E-state index is 0.273. The third-order valence-electron chi connectivity index (χ3n) is 3.38. The van der Waals surface area contributed by atoms with Crippen LogP contribution in [-0.4, -0.2) is 30.9 Å². The van der Waals surface area contributed by atoms with Crippen LogP contribution in [0.15, 0.2) is 0 Å². The number of carbonyl (C=O) groups is 1. The number of unbranched alkanes of at least 4 members (excludes halogenated alkanes) is 2. The van der Waals surface area contributed by atoms with Crippen molar-refractivity contribution in [2.45, 2.75) is 45.4 Å². The fraction of sp³-hybridized carbons (Fsp3) is 0.917. The molecule has 0 aromatic rings. The highest BCUT2D eigenvalue weighted by Crippen LogP contribution is 2.44. The minimum absolute atomic E-state index is 0.273. The van der Waals surface area contributed by atoms with Crippen molar-refractivity contribution in [3.63, 3.8) is 0 Å². The van der Waals surface area contributed by atoms with Gasteiger partial charge in [-0.15, -0.1) is 0 Å². The molecule has 0 aromatic carbocycles. The van der Waals surface area contributed by atoms with Crippen LogP contribution in [0.3, 0.4) is 0 Å². The molecule has 1 rings (SSSR count). The molecular weight excluding hydrogens is 188 g/mol. The summed E-state index contributed by atoms with van der Waals surface area (Å²) < 4.78 is 0. The first kappa shape index (κ1) is 12.5. The van der Waals surface area contributed by atoms with Crippen LogP contribution in [0, 0.1) is 5.41 Å². The van der Waals surface area contributed by atoms with Crippen molar-refractivity contribution in [3.05, 3.63) is 0 Å². The Kier molecular flexibility index (Phi) is 4.58. The zero-order valence-corrected chi connectivity index (χ0v) is 10.1. The number of nitrogens with zero attached hydrogens (tertiary/aromatic N) is 1. The third-order valence-corrected chi connectivity index (χ3v) is 3.38. The monoisotopic (exact) mass is 212 g/mol. The maximum absolute atomic E-state index is 11.7. The van der Waals surface area contributed by atoms with Crippen LogP contribution in [-0.2, 0) is 4.79 Å². The first-order valence-corrected chi connectivity index (χ1v) is 6.07. The Morgan fingerprint density at radius 3 is 2.53 bits per heavy atom. The Hall–Kier alpha value is -0.570. The molecule has 3 nitrogen and oxygen atoms in total. The first-order valence-electron chi connectivity index (χ1n) is 6.07. The van der Waals surface area contributed by atoms with Crippen LogP contribution in [0.2, 0.25) is 0 Å². The molecule has 0 saturated heterocycles. The highest BCUT2D eigenvalue weighted by atomic mass is 16.2. The second kappa shape index (κ2) is 5.50. The Morgan fingerprint density at radius 1 is 1.40 bits per heavy atom. The molecule has 15 heavy (non-hydrogen) atoms. The summed E-state index contributed by atoms with van der Waals surface area (Å²) in [5, 5.41) is 0. The van der Waals surface area contributed by atoms with Gasteiger partial charge >= 0.3 is 0 Å². The van der Waals surface area contributed by atoms with Gasteiger partial charge in [0, 0.05) is 25.4 Å². The topological polar surface area (TPSA) is 46.3 Å². The summed E-state index contributed by atoms with van der Waals surface area (Å²) in [5.74, 6) is 0.281. The molecule has 0 unspecified atom stereocenters. The van der Waals surface area contributed by atoms with Crippen LogP contribution >= 0.6 is 0 Å². The molecule has 1 saturated carbocycles. The Bertz CT molecular complexity index is 212. The standard InChI is InChI=1S/C12H24N2O/c1-3-4-5-6-11(15)14(2)10-12(9-13)7-8-12/h3-10,13H2,1-2H3. The summed E-state index contributed by atoms with van der Waals surface area (Å²) in [6.45, 7) is 3.73. The predicted molar refractivity (Wildman–Crippen MR) is 62.5 cm³/mol.